The molecule has 5 heteroatoms. The minimum absolute atomic E-state index is 0.102. The number of methoxy groups -OCH3 is 1. The summed E-state index contributed by atoms with van der Waals surface area (Å²) in [5, 5.41) is 14.2. The monoisotopic (exact) mass is 276 g/mol. The zero-order valence-electron chi connectivity index (χ0n) is 10.3. The number of aromatic hydroxyl groups is 1. The van der Waals surface area contributed by atoms with Crippen LogP contribution in [0, 0.1) is 0 Å². The summed E-state index contributed by atoms with van der Waals surface area (Å²) in [6.45, 7) is 0. The van der Waals surface area contributed by atoms with E-state index in [0.717, 1.165) is 11.3 Å². The molecule has 0 saturated carbocycles. The van der Waals surface area contributed by atoms with Gasteiger partial charge in [0.2, 0.25) is 0 Å². The molecule has 0 amide bonds. The van der Waals surface area contributed by atoms with Crippen molar-refractivity contribution in [2.45, 2.75) is 0 Å². The Morgan fingerprint density at radius 3 is 2.63 bits per heavy atom. The van der Waals surface area contributed by atoms with Crippen LogP contribution in [-0.4, -0.2) is 18.4 Å². The highest BCUT2D eigenvalue weighted by molar-refractivity contribution is 6.30. The van der Waals surface area contributed by atoms with Crippen LogP contribution in [0.2, 0.25) is 5.02 Å². The Balaban J connectivity index is 2.04. The number of phenols is 1. The zero-order valence-corrected chi connectivity index (χ0v) is 11.1. The SMILES string of the molecule is COc1cc(C=NNc2ccc(Cl)cc2)ccc1O. The number of hydrogen-bond acceptors (Lipinski definition) is 4. The minimum Gasteiger partial charge on any atom is -0.504 e. The predicted octanol–water partition coefficient (Wildman–Crippen LogP) is 3.50. The fourth-order valence-electron chi connectivity index (χ4n) is 1.48. The van der Waals surface area contributed by atoms with Crippen LogP contribution in [0.5, 0.6) is 11.5 Å². The third-order valence-electron chi connectivity index (χ3n) is 2.46. The Labute approximate surface area is 116 Å². The van der Waals surface area contributed by atoms with Crippen LogP contribution < -0.4 is 10.2 Å². The zero-order chi connectivity index (χ0) is 13.7. The molecule has 4 nitrogen and oxygen atoms in total. The topological polar surface area (TPSA) is 53.8 Å². The lowest BCUT2D eigenvalue weighted by atomic mass is 10.2. The van der Waals surface area contributed by atoms with E-state index < -0.39 is 0 Å². The maximum Gasteiger partial charge on any atom is 0.161 e. The van der Waals surface area contributed by atoms with E-state index in [1.165, 1.54) is 7.11 Å². The van der Waals surface area contributed by atoms with Crippen LogP contribution >= 0.6 is 11.6 Å². The highest BCUT2D eigenvalue weighted by Crippen LogP contribution is 2.25. The van der Waals surface area contributed by atoms with Gasteiger partial charge in [0.1, 0.15) is 0 Å². The van der Waals surface area contributed by atoms with Gasteiger partial charge in [0.25, 0.3) is 0 Å². The number of rotatable bonds is 4. The first kappa shape index (κ1) is 13.2. The second-order valence-electron chi connectivity index (χ2n) is 3.81. The average Bonchev–Trinajstić information content (AvgIpc) is 2.43. The normalized spacial score (nSPS) is 10.6. The van der Waals surface area contributed by atoms with Crippen molar-refractivity contribution in [1.82, 2.24) is 0 Å². The van der Waals surface area contributed by atoms with Crippen molar-refractivity contribution in [3.05, 3.63) is 53.1 Å². The molecule has 0 bridgehead atoms. The molecule has 0 fully saturated rings. The fraction of sp³-hybridized carbons (Fsp3) is 0.0714. The summed E-state index contributed by atoms with van der Waals surface area (Å²) in [6, 6.07) is 12.2. The number of benzene rings is 2. The van der Waals surface area contributed by atoms with Crippen molar-refractivity contribution in [3.63, 3.8) is 0 Å². The van der Waals surface area contributed by atoms with Gasteiger partial charge in [-0.1, -0.05) is 11.6 Å². The van der Waals surface area contributed by atoms with Gasteiger partial charge in [-0.25, -0.2) is 0 Å². The van der Waals surface area contributed by atoms with Crippen LogP contribution in [0.3, 0.4) is 0 Å². The lowest BCUT2D eigenvalue weighted by Crippen LogP contribution is -1.91. The van der Waals surface area contributed by atoms with Gasteiger partial charge >= 0.3 is 0 Å². The number of phenolic OH excluding ortho intramolecular Hbond substituents is 1. The number of halogens is 1. The number of anilines is 1. The number of hydrazone groups is 1. The average molecular weight is 277 g/mol. The van der Waals surface area contributed by atoms with Crippen molar-refractivity contribution >= 4 is 23.5 Å². The highest BCUT2D eigenvalue weighted by Gasteiger charge is 2.00. The van der Waals surface area contributed by atoms with E-state index in [-0.39, 0.29) is 5.75 Å². The Morgan fingerprint density at radius 2 is 1.95 bits per heavy atom. The molecule has 0 radical (unpaired) electrons. The summed E-state index contributed by atoms with van der Waals surface area (Å²) in [5.41, 5.74) is 4.54. The van der Waals surface area contributed by atoms with Gasteiger partial charge in [0.05, 0.1) is 19.0 Å². The third-order valence-corrected chi connectivity index (χ3v) is 2.71. The second-order valence-corrected chi connectivity index (χ2v) is 4.24. The molecule has 2 aromatic rings. The maximum atomic E-state index is 9.47. The van der Waals surface area contributed by atoms with Crippen LogP contribution in [0.15, 0.2) is 47.6 Å². The lowest BCUT2D eigenvalue weighted by Gasteiger charge is -2.03. The molecule has 2 aromatic carbocycles. The Morgan fingerprint density at radius 1 is 1.21 bits per heavy atom. The number of nitrogens with zero attached hydrogens (tertiary/aromatic N) is 1. The summed E-state index contributed by atoms with van der Waals surface area (Å²) in [6.07, 6.45) is 1.64. The highest BCUT2D eigenvalue weighted by atomic mass is 35.5. The van der Waals surface area contributed by atoms with Crippen molar-refractivity contribution in [2.75, 3.05) is 12.5 Å². The standard InChI is InChI=1S/C14H13ClN2O2/c1-19-14-8-10(2-7-13(14)18)9-16-17-12-5-3-11(15)4-6-12/h2-9,17-18H,1H3. The molecule has 19 heavy (non-hydrogen) atoms. The van der Waals surface area contributed by atoms with Gasteiger partial charge in [-0.3, -0.25) is 5.43 Å². The molecule has 0 spiro atoms. The third kappa shape index (κ3) is 3.63. The molecule has 98 valence electrons. The van der Waals surface area contributed by atoms with Crippen LogP contribution in [-0.2, 0) is 0 Å². The molecule has 0 aliphatic rings. The van der Waals surface area contributed by atoms with Crippen LogP contribution in [0.1, 0.15) is 5.56 Å². The summed E-state index contributed by atoms with van der Waals surface area (Å²) in [7, 11) is 1.50. The van der Waals surface area contributed by atoms with Gasteiger partial charge < -0.3 is 9.84 Å². The predicted molar refractivity (Wildman–Crippen MR) is 77.3 cm³/mol. The number of hydrogen-bond donors (Lipinski definition) is 2. The molecule has 0 aromatic heterocycles. The van der Waals surface area contributed by atoms with E-state index in [9.17, 15) is 5.11 Å². The first-order chi connectivity index (χ1) is 9.19. The van der Waals surface area contributed by atoms with Gasteiger partial charge in [0.15, 0.2) is 11.5 Å². The van der Waals surface area contributed by atoms with Crippen molar-refractivity contribution in [1.29, 1.82) is 0 Å². The molecule has 0 saturated heterocycles. The molecule has 0 unspecified atom stereocenters. The van der Waals surface area contributed by atoms with Gasteiger partial charge in [-0.05, 0) is 48.0 Å². The van der Waals surface area contributed by atoms with Crippen LogP contribution in [0.4, 0.5) is 5.69 Å². The van der Waals surface area contributed by atoms with Crippen LogP contribution in [0.25, 0.3) is 0 Å². The molecular formula is C14H13ClN2O2. The van der Waals surface area contributed by atoms with E-state index in [4.69, 9.17) is 16.3 Å². The fourth-order valence-corrected chi connectivity index (χ4v) is 1.61. The van der Waals surface area contributed by atoms with Crippen molar-refractivity contribution < 1.29 is 9.84 Å². The smallest absolute Gasteiger partial charge is 0.161 e. The summed E-state index contributed by atoms with van der Waals surface area (Å²) < 4.78 is 5.02. The Hall–Kier alpha value is -2.20. The Bertz CT molecular complexity index is 582. The first-order valence-corrected chi connectivity index (χ1v) is 5.98. The first-order valence-electron chi connectivity index (χ1n) is 5.60. The van der Waals surface area contributed by atoms with E-state index >= 15 is 0 Å². The maximum absolute atomic E-state index is 9.47. The Kier molecular flexibility index (Phi) is 4.26. The van der Waals surface area contributed by atoms with E-state index in [2.05, 4.69) is 10.5 Å². The summed E-state index contributed by atoms with van der Waals surface area (Å²) >= 11 is 5.79. The molecule has 0 heterocycles. The lowest BCUT2D eigenvalue weighted by molar-refractivity contribution is 0.373. The van der Waals surface area contributed by atoms with Gasteiger partial charge in [-0.15, -0.1) is 0 Å². The second kappa shape index (κ2) is 6.11. The summed E-state index contributed by atoms with van der Waals surface area (Å²) in [4.78, 5) is 0. The van der Waals surface area contributed by atoms with Gasteiger partial charge in [-0.2, -0.15) is 5.10 Å². The number of nitrogens with one attached hydrogen (secondary N) is 1. The molecule has 0 aliphatic carbocycles. The molecule has 0 atom stereocenters. The molecule has 2 rings (SSSR count). The number of ether oxygens (including phenoxy) is 1. The van der Waals surface area contributed by atoms with E-state index in [1.54, 1.807) is 36.5 Å². The van der Waals surface area contributed by atoms with Gasteiger partial charge in [0, 0.05) is 5.02 Å². The van der Waals surface area contributed by atoms with E-state index in [1.807, 2.05) is 12.1 Å². The van der Waals surface area contributed by atoms with E-state index in [0.29, 0.717) is 10.8 Å². The quantitative estimate of drug-likeness (QED) is 0.664. The minimum atomic E-state index is 0.102. The molecular weight excluding hydrogens is 264 g/mol. The largest absolute Gasteiger partial charge is 0.504 e. The van der Waals surface area contributed by atoms with Crippen molar-refractivity contribution in [3.8, 4) is 11.5 Å². The summed E-state index contributed by atoms with van der Waals surface area (Å²) in [5.74, 6) is 0.515. The van der Waals surface area contributed by atoms with Crippen molar-refractivity contribution in [2.24, 2.45) is 5.10 Å². The molecule has 2 N–H and O–H groups in total. The molecule has 0 aliphatic heterocycles.